The van der Waals surface area contributed by atoms with Crippen LogP contribution in [0.4, 0.5) is 13.2 Å². The number of carbonyl (C=O) groups excluding carboxylic acids is 1. The summed E-state index contributed by atoms with van der Waals surface area (Å²) >= 11 is 1.03. The molecule has 0 radical (unpaired) electrons. The molecule has 0 fully saturated rings. The highest BCUT2D eigenvalue weighted by atomic mass is 32.1. The molecule has 0 aliphatic carbocycles. The van der Waals surface area contributed by atoms with Gasteiger partial charge in [0, 0.05) is 18.0 Å². The van der Waals surface area contributed by atoms with Crippen LogP contribution in [0.2, 0.25) is 0 Å². The first-order chi connectivity index (χ1) is 11.8. The van der Waals surface area contributed by atoms with Gasteiger partial charge in [-0.15, -0.1) is 0 Å². The van der Waals surface area contributed by atoms with Gasteiger partial charge >= 0.3 is 6.18 Å². The number of halogens is 3. The molecule has 3 rings (SSSR count). The monoisotopic (exact) mass is 369 g/mol. The lowest BCUT2D eigenvalue weighted by molar-refractivity contribution is -0.141. The Labute approximate surface area is 143 Å². The molecule has 7 nitrogen and oxygen atoms in total. The highest BCUT2D eigenvalue weighted by Gasteiger charge is 2.33. The maximum Gasteiger partial charge on any atom is 0.433 e. The van der Waals surface area contributed by atoms with Crippen molar-refractivity contribution in [1.82, 2.24) is 24.8 Å². The topological polar surface area (TPSA) is 93.8 Å². The van der Waals surface area contributed by atoms with Crippen molar-refractivity contribution in [2.24, 2.45) is 0 Å². The number of hydrogen-bond donors (Lipinski definition) is 1. The van der Waals surface area contributed by atoms with Gasteiger partial charge in [0.05, 0.1) is 0 Å². The molecule has 130 valence electrons. The second-order valence-electron chi connectivity index (χ2n) is 4.96. The first kappa shape index (κ1) is 17.0. The number of pyridine rings is 1. The molecule has 0 bridgehead atoms. The third-order valence-corrected chi connectivity index (χ3v) is 3.88. The van der Waals surface area contributed by atoms with E-state index in [1.165, 1.54) is 12.3 Å². The van der Waals surface area contributed by atoms with E-state index in [0.29, 0.717) is 4.88 Å². The van der Waals surface area contributed by atoms with Crippen molar-refractivity contribution in [3.63, 3.8) is 0 Å². The summed E-state index contributed by atoms with van der Waals surface area (Å²) in [5.74, 6) is -0.321. The van der Waals surface area contributed by atoms with Crippen LogP contribution < -0.4 is 5.32 Å². The number of carbonyl (C=O) groups is 1. The maximum absolute atomic E-state index is 12.7. The Morgan fingerprint density at radius 2 is 2.12 bits per heavy atom. The third kappa shape index (κ3) is 3.82. The van der Waals surface area contributed by atoms with Gasteiger partial charge in [-0.25, -0.2) is 4.37 Å². The van der Waals surface area contributed by atoms with Gasteiger partial charge in [-0.05, 0) is 36.7 Å². The molecule has 1 N–H and O–H groups in total. The normalized spacial score (nSPS) is 12.8. The summed E-state index contributed by atoms with van der Waals surface area (Å²) in [5, 5.41) is 6.30. The number of aromatic nitrogens is 4. The van der Waals surface area contributed by atoms with Crippen molar-refractivity contribution in [2.75, 3.05) is 0 Å². The first-order valence-corrected chi connectivity index (χ1v) is 7.70. The van der Waals surface area contributed by atoms with Gasteiger partial charge in [0.15, 0.2) is 0 Å². The number of hydrogen-bond acceptors (Lipinski definition) is 7. The molecule has 0 spiro atoms. The number of rotatable bonds is 4. The second kappa shape index (κ2) is 6.59. The van der Waals surface area contributed by atoms with E-state index in [1.54, 1.807) is 13.0 Å². The highest BCUT2D eigenvalue weighted by molar-refractivity contribution is 7.08. The Hall–Kier alpha value is -2.82. The molecule has 1 atom stereocenters. The van der Waals surface area contributed by atoms with Crippen LogP contribution in [0, 0.1) is 0 Å². The average Bonchev–Trinajstić information content (AvgIpc) is 3.26. The molecule has 3 aromatic heterocycles. The fourth-order valence-corrected chi connectivity index (χ4v) is 2.41. The van der Waals surface area contributed by atoms with Crippen LogP contribution in [0.15, 0.2) is 35.1 Å². The van der Waals surface area contributed by atoms with Crippen molar-refractivity contribution >= 4 is 17.4 Å². The van der Waals surface area contributed by atoms with Crippen molar-refractivity contribution < 1.29 is 22.5 Å². The number of amides is 1. The lowest BCUT2D eigenvalue weighted by Crippen LogP contribution is -2.26. The molecule has 0 unspecified atom stereocenters. The minimum absolute atomic E-state index is 0.0261. The molecule has 0 aliphatic rings. The van der Waals surface area contributed by atoms with E-state index in [2.05, 4.69) is 24.8 Å². The van der Waals surface area contributed by atoms with Crippen molar-refractivity contribution in [3.05, 3.63) is 47.1 Å². The fourth-order valence-electron chi connectivity index (χ4n) is 1.92. The number of nitrogens with zero attached hydrogens (tertiary/aromatic N) is 4. The summed E-state index contributed by atoms with van der Waals surface area (Å²) < 4.78 is 47.0. The first-order valence-electron chi connectivity index (χ1n) is 6.93. The largest absolute Gasteiger partial charge is 0.433 e. The van der Waals surface area contributed by atoms with Gasteiger partial charge in [0.25, 0.3) is 5.91 Å². The molecule has 0 saturated heterocycles. The van der Waals surface area contributed by atoms with Crippen molar-refractivity contribution in [2.45, 2.75) is 19.1 Å². The summed E-state index contributed by atoms with van der Waals surface area (Å²) in [7, 11) is 0. The van der Waals surface area contributed by atoms with Crippen LogP contribution in [-0.2, 0) is 6.18 Å². The molecule has 0 saturated carbocycles. The summed E-state index contributed by atoms with van der Waals surface area (Å²) in [6, 6.07) is 3.10. The Kier molecular flexibility index (Phi) is 4.49. The molecular formula is C14H10F3N5O2S. The van der Waals surface area contributed by atoms with E-state index < -0.39 is 17.9 Å². The quantitative estimate of drug-likeness (QED) is 0.760. The SMILES string of the molecule is C[C@H](NC(=O)c1ccns1)c1nc(-c2ccnc(C(F)(F)F)c2)no1. The van der Waals surface area contributed by atoms with Crippen LogP contribution in [0.3, 0.4) is 0 Å². The predicted molar refractivity (Wildman–Crippen MR) is 80.5 cm³/mol. The minimum atomic E-state index is -4.57. The average molecular weight is 369 g/mol. The fraction of sp³-hybridized carbons (Fsp3) is 0.214. The Morgan fingerprint density at radius 3 is 2.80 bits per heavy atom. The van der Waals surface area contributed by atoms with E-state index in [9.17, 15) is 18.0 Å². The zero-order valence-corrected chi connectivity index (χ0v) is 13.4. The maximum atomic E-state index is 12.7. The lowest BCUT2D eigenvalue weighted by atomic mass is 10.2. The Morgan fingerprint density at radius 1 is 1.32 bits per heavy atom. The molecule has 25 heavy (non-hydrogen) atoms. The molecule has 1 amide bonds. The van der Waals surface area contributed by atoms with Crippen LogP contribution >= 0.6 is 11.5 Å². The van der Waals surface area contributed by atoms with Gasteiger partial charge in [-0.3, -0.25) is 9.78 Å². The third-order valence-electron chi connectivity index (χ3n) is 3.13. The van der Waals surface area contributed by atoms with E-state index in [-0.39, 0.29) is 23.2 Å². The van der Waals surface area contributed by atoms with Gasteiger partial charge in [0.1, 0.15) is 16.6 Å². The van der Waals surface area contributed by atoms with Gasteiger partial charge in [-0.1, -0.05) is 5.16 Å². The zero-order valence-electron chi connectivity index (χ0n) is 12.6. The number of nitrogens with one attached hydrogen (secondary N) is 1. The smallest absolute Gasteiger partial charge is 0.340 e. The van der Waals surface area contributed by atoms with Gasteiger partial charge in [0.2, 0.25) is 11.7 Å². The minimum Gasteiger partial charge on any atom is -0.340 e. The second-order valence-corrected chi connectivity index (χ2v) is 5.79. The summed E-state index contributed by atoms with van der Waals surface area (Å²) in [6.07, 6.45) is -2.06. The van der Waals surface area contributed by atoms with E-state index in [4.69, 9.17) is 4.52 Å². The van der Waals surface area contributed by atoms with Crippen molar-refractivity contribution in [1.29, 1.82) is 0 Å². The van der Waals surface area contributed by atoms with Crippen LogP contribution in [0.25, 0.3) is 11.4 Å². The molecular weight excluding hydrogens is 359 g/mol. The van der Waals surface area contributed by atoms with Crippen LogP contribution in [0.5, 0.6) is 0 Å². The molecule has 0 aliphatic heterocycles. The summed E-state index contributed by atoms with van der Waals surface area (Å²) in [4.78, 5) is 19.7. The Bertz CT molecular complexity index is 879. The van der Waals surface area contributed by atoms with Crippen molar-refractivity contribution in [3.8, 4) is 11.4 Å². The number of alkyl halides is 3. The van der Waals surface area contributed by atoms with E-state index in [1.807, 2.05) is 0 Å². The predicted octanol–water partition coefficient (Wildman–Crippen LogP) is 3.10. The molecule has 3 heterocycles. The molecule has 0 aromatic carbocycles. The standard InChI is InChI=1S/C14H10F3N5O2S/c1-7(20-12(23)9-3-5-19-25-9)13-21-11(22-24-13)8-2-4-18-10(6-8)14(15,16)17/h2-7H,1H3,(H,20,23)/t7-/m0/s1. The summed E-state index contributed by atoms with van der Waals surface area (Å²) in [6.45, 7) is 1.62. The van der Waals surface area contributed by atoms with Gasteiger partial charge in [-0.2, -0.15) is 18.2 Å². The van der Waals surface area contributed by atoms with E-state index >= 15 is 0 Å². The molecule has 11 heteroatoms. The summed E-state index contributed by atoms with van der Waals surface area (Å²) in [5.41, 5.74) is -0.943. The zero-order chi connectivity index (χ0) is 18.0. The van der Waals surface area contributed by atoms with Crippen LogP contribution in [-0.4, -0.2) is 25.4 Å². The van der Waals surface area contributed by atoms with E-state index in [0.717, 1.165) is 23.8 Å². The highest BCUT2D eigenvalue weighted by Crippen LogP contribution is 2.30. The van der Waals surface area contributed by atoms with Gasteiger partial charge < -0.3 is 9.84 Å². The lowest BCUT2D eigenvalue weighted by Gasteiger charge is -2.07. The Balaban J connectivity index is 1.77. The van der Waals surface area contributed by atoms with Crippen LogP contribution in [0.1, 0.15) is 34.2 Å². The molecule has 3 aromatic rings.